The lowest BCUT2D eigenvalue weighted by Crippen LogP contribution is -2.36. The molecule has 28 heavy (non-hydrogen) atoms. The molecule has 0 amide bonds. The number of aromatic nitrogens is 1. The molecule has 1 aliphatic rings. The Labute approximate surface area is 164 Å². The number of carbonyl (C=O) groups excluding carboxylic acids is 1. The van der Waals surface area contributed by atoms with Crippen molar-refractivity contribution in [1.82, 2.24) is 9.88 Å². The number of ether oxygens (including phenoxy) is 2. The van der Waals surface area contributed by atoms with Crippen molar-refractivity contribution < 1.29 is 27.2 Å². The van der Waals surface area contributed by atoms with E-state index in [1.807, 2.05) is 0 Å². The average Bonchev–Trinajstić information content (AvgIpc) is 3.18. The number of nitrogens with zero attached hydrogens (tertiary/aromatic N) is 1. The molecule has 1 heterocycles. The van der Waals surface area contributed by atoms with Crippen molar-refractivity contribution in [3.63, 3.8) is 0 Å². The van der Waals surface area contributed by atoms with Crippen LogP contribution in [0, 0.1) is 0 Å². The quantitative estimate of drug-likeness (QED) is 0.701. The second-order valence-electron chi connectivity index (χ2n) is 6.62. The zero-order chi connectivity index (χ0) is 20.1. The highest BCUT2D eigenvalue weighted by Gasteiger charge is 2.26. The number of hydrogen-bond donors (Lipinski definition) is 1. The van der Waals surface area contributed by atoms with Gasteiger partial charge in [-0.05, 0) is 38.0 Å². The van der Waals surface area contributed by atoms with Crippen molar-refractivity contribution in [2.75, 3.05) is 13.7 Å². The van der Waals surface area contributed by atoms with Crippen LogP contribution in [0.4, 0.5) is 0 Å². The number of methoxy groups -OCH3 is 1. The number of sulfonamides is 1. The Hall–Kier alpha value is -2.39. The number of hydrogen-bond acceptors (Lipinski definition) is 7. The van der Waals surface area contributed by atoms with Crippen LogP contribution in [0.2, 0.25) is 0 Å². The van der Waals surface area contributed by atoms with E-state index in [-0.39, 0.29) is 34.7 Å². The molecular formula is C19H24N2O6S. The molecule has 2 aromatic rings. The summed E-state index contributed by atoms with van der Waals surface area (Å²) in [7, 11) is -2.36. The molecule has 0 saturated heterocycles. The standard InChI is InChI=1S/C19H24N2O6S/c1-3-26-19(22)15-12-17(27-20-15)13-9-10-16(25-2)18(11-13)28(23,24)21-14-7-5-4-6-8-14/h9-12,14,21H,3-8H2,1-2H3. The first kappa shape index (κ1) is 20.3. The fourth-order valence-corrected chi connectivity index (χ4v) is 4.76. The van der Waals surface area contributed by atoms with Crippen molar-refractivity contribution in [2.45, 2.75) is 50.0 Å². The summed E-state index contributed by atoms with van der Waals surface area (Å²) in [5, 5.41) is 3.69. The van der Waals surface area contributed by atoms with E-state index >= 15 is 0 Å². The molecule has 1 aromatic carbocycles. The predicted octanol–water partition coefficient (Wildman–Crippen LogP) is 3.14. The van der Waals surface area contributed by atoms with Gasteiger partial charge < -0.3 is 14.0 Å². The lowest BCUT2D eigenvalue weighted by Gasteiger charge is -2.23. The van der Waals surface area contributed by atoms with E-state index in [1.54, 1.807) is 19.1 Å². The lowest BCUT2D eigenvalue weighted by atomic mass is 9.96. The summed E-state index contributed by atoms with van der Waals surface area (Å²) >= 11 is 0. The molecule has 152 valence electrons. The molecule has 0 radical (unpaired) electrons. The summed E-state index contributed by atoms with van der Waals surface area (Å²) in [5.41, 5.74) is 0.491. The average molecular weight is 408 g/mol. The number of carbonyl (C=O) groups is 1. The van der Waals surface area contributed by atoms with Crippen LogP contribution in [-0.4, -0.2) is 39.3 Å². The van der Waals surface area contributed by atoms with Gasteiger partial charge in [0.1, 0.15) is 10.6 Å². The highest BCUT2D eigenvalue weighted by atomic mass is 32.2. The number of benzene rings is 1. The Morgan fingerprint density at radius 2 is 2.00 bits per heavy atom. The van der Waals surface area contributed by atoms with Gasteiger partial charge in [-0.3, -0.25) is 0 Å². The molecule has 0 aliphatic heterocycles. The van der Waals surface area contributed by atoms with Crippen molar-refractivity contribution in [3.8, 4) is 17.1 Å². The van der Waals surface area contributed by atoms with Gasteiger partial charge in [0, 0.05) is 17.7 Å². The fraction of sp³-hybridized carbons (Fsp3) is 0.474. The van der Waals surface area contributed by atoms with E-state index in [1.165, 1.54) is 19.2 Å². The molecule has 8 nitrogen and oxygen atoms in total. The third-order valence-corrected chi connectivity index (χ3v) is 6.20. The third-order valence-electron chi connectivity index (χ3n) is 4.66. The second kappa shape index (κ2) is 8.74. The molecule has 0 unspecified atom stereocenters. The molecule has 1 aromatic heterocycles. The van der Waals surface area contributed by atoms with Crippen LogP contribution in [0.25, 0.3) is 11.3 Å². The molecule has 3 rings (SSSR count). The van der Waals surface area contributed by atoms with Crippen LogP contribution in [0.5, 0.6) is 5.75 Å². The zero-order valence-corrected chi connectivity index (χ0v) is 16.8. The van der Waals surface area contributed by atoms with Gasteiger partial charge in [-0.25, -0.2) is 17.9 Å². The van der Waals surface area contributed by atoms with Crippen molar-refractivity contribution in [1.29, 1.82) is 0 Å². The third kappa shape index (κ3) is 4.53. The van der Waals surface area contributed by atoms with Gasteiger partial charge in [0.05, 0.1) is 13.7 Å². The smallest absolute Gasteiger partial charge is 0.360 e. The van der Waals surface area contributed by atoms with E-state index in [9.17, 15) is 13.2 Å². The minimum atomic E-state index is -3.78. The Balaban J connectivity index is 1.90. The zero-order valence-electron chi connectivity index (χ0n) is 15.9. The van der Waals surface area contributed by atoms with Gasteiger partial charge in [-0.2, -0.15) is 0 Å². The molecule has 9 heteroatoms. The molecule has 1 aliphatic carbocycles. The van der Waals surface area contributed by atoms with Gasteiger partial charge in [-0.1, -0.05) is 24.4 Å². The van der Waals surface area contributed by atoms with Gasteiger partial charge >= 0.3 is 5.97 Å². The van der Waals surface area contributed by atoms with Crippen molar-refractivity contribution >= 4 is 16.0 Å². The maximum Gasteiger partial charge on any atom is 0.360 e. The number of rotatable bonds is 7. The number of nitrogens with one attached hydrogen (secondary N) is 1. The lowest BCUT2D eigenvalue weighted by molar-refractivity contribution is 0.0514. The molecule has 0 bridgehead atoms. The van der Waals surface area contributed by atoms with Crippen LogP contribution in [0.3, 0.4) is 0 Å². The van der Waals surface area contributed by atoms with Crippen molar-refractivity contribution in [2.24, 2.45) is 0 Å². The summed E-state index contributed by atoms with van der Waals surface area (Å²) in [4.78, 5) is 11.8. The van der Waals surface area contributed by atoms with Crippen LogP contribution in [0.15, 0.2) is 33.7 Å². The highest BCUT2D eigenvalue weighted by Crippen LogP contribution is 2.31. The molecule has 1 fully saturated rings. The highest BCUT2D eigenvalue weighted by molar-refractivity contribution is 7.89. The summed E-state index contributed by atoms with van der Waals surface area (Å²) in [6.07, 6.45) is 4.81. The maximum atomic E-state index is 13.0. The Morgan fingerprint density at radius 1 is 1.25 bits per heavy atom. The Bertz CT molecular complexity index is 932. The first-order chi connectivity index (χ1) is 13.4. The number of esters is 1. The summed E-state index contributed by atoms with van der Waals surface area (Å²) in [6, 6.07) is 6.00. The monoisotopic (exact) mass is 408 g/mol. The normalized spacial score (nSPS) is 15.4. The molecule has 1 saturated carbocycles. The molecule has 0 atom stereocenters. The van der Waals surface area contributed by atoms with Gasteiger partial charge in [0.2, 0.25) is 10.0 Å². The van der Waals surface area contributed by atoms with Gasteiger partial charge in [0.15, 0.2) is 11.5 Å². The maximum absolute atomic E-state index is 13.0. The molecular weight excluding hydrogens is 384 g/mol. The Morgan fingerprint density at radius 3 is 2.68 bits per heavy atom. The van der Waals surface area contributed by atoms with Gasteiger partial charge in [0.25, 0.3) is 0 Å². The minimum Gasteiger partial charge on any atom is -0.495 e. The largest absolute Gasteiger partial charge is 0.495 e. The predicted molar refractivity (Wildman–Crippen MR) is 102 cm³/mol. The summed E-state index contributed by atoms with van der Waals surface area (Å²) in [6.45, 7) is 1.91. The SMILES string of the molecule is CCOC(=O)c1cc(-c2ccc(OC)c(S(=O)(=O)NC3CCCCC3)c2)on1. The van der Waals surface area contributed by atoms with E-state index in [4.69, 9.17) is 14.0 Å². The van der Waals surface area contributed by atoms with Crippen LogP contribution in [-0.2, 0) is 14.8 Å². The van der Waals surface area contributed by atoms with Gasteiger partial charge in [-0.15, -0.1) is 0 Å². The first-order valence-corrected chi connectivity index (χ1v) is 10.8. The van der Waals surface area contributed by atoms with E-state index in [2.05, 4.69) is 9.88 Å². The van der Waals surface area contributed by atoms with Crippen LogP contribution in [0.1, 0.15) is 49.5 Å². The summed E-state index contributed by atoms with van der Waals surface area (Å²) in [5.74, 6) is -0.102. The fourth-order valence-electron chi connectivity index (χ4n) is 3.26. The molecule has 0 spiro atoms. The topological polar surface area (TPSA) is 108 Å². The van der Waals surface area contributed by atoms with E-state index in [0.717, 1.165) is 32.1 Å². The van der Waals surface area contributed by atoms with Crippen LogP contribution >= 0.6 is 0 Å². The second-order valence-corrected chi connectivity index (χ2v) is 8.30. The van der Waals surface area contributed by atoms with E-state index < -0.39 is 16.0 Å². The van der Waals surface area contributed by atoms with Crippen molar-refractivity contribution in [3.05, 3.63) is 30.0 Å². The minimum absolute atomic E-state index is 0.0205. The molecule has 1 N–H and O–H groups in total. The first-order valence-electron chi connectivity index (χ1n) is 9.29. The van der Waals surface area contributed by atoms with E-state index in [0.29, 0.717) is 5.56 Å². The van der Waals surface area contributed by atoms with Crippen LogP contribution < -0.4 is 9.46 Å². The Kier molecular flexibility index (Phi) is 6.35. The summed E-state index contributed by atoms with van der Waals surface area (Å²) < 4.78 is 44.0.